The van der Waals surface area contributed by atoms with Gasteiger partial charge < -0.3 is 5.32 Å². The van der Waals surface area contributed by atoms with Gasteiger partial charge in [-0.05, 0) is 17.9 Å². The molecule has 0 aliphatic carbocycles. The van der Waals surface area contributed by atoms with E-state index in [9.17, 15) is 10.1 Å². The number of hydrogen-bond donors (Lipinski definition) is 1. The lowest BCUT2D eigenvalue weighted by Crippen LogP contribution is -2.45. The largest absolute Gasteiger partial charge is 0.324 e. The maximum Gasteiger partial charge on any atom is 0.324 e. The fraction of sp³-hybridized carbons (Fsp3) is 0.692. The van der Waals surface area contributed by atoms with Crippen LogP contribution in [0.25, 0.3) is 0 Å². The predicted molar refractivity (Wildman–Crippen MR) is 77.6 cm³/mol. The smallest absolute Gasteiger partial charge is 0.314 e. The predicted octanol–water partition coefficient (Wildman–Crippen LogP) is 2.65. The Morgan fingerprint density at radius 1 is 1.47 bits per heavy atom. The summed E-state index contributed by atoms with van der Waals surface area (Å²) in [6.45, 7) is 8.44. The average molecular weight is 283 g/mol. The minimum absolute atomic E-state index is 0.249. The number of nitrogens with zero attached hydrogens (tertiary/aromatic N) is 2. The van der Waals surface area contributed by atoms with Crippen LogP contribution in [0.15, 0.2) is 11.4 Å². The van der Waals surface area contributed by atoms with E-state index in [2.05, 4.69) is 24.1 Å². The van der Waals surface area contributed by atoms with Crippen LogP contribution in [0.4, 0.5) is 5.00 Å². The standard InChI is InChI=1S/C13H21N3O2S/c1-10(2)7-12(15-5-3-14-4-6-15)11-8-13(16(17)18)19-9-11/h8-10,12,14H,3-7H2,1-2H3/t12-/m0/s1. The first-order valence-electron chi connectivity index (χ1n) is 6.75. The fourth-order valence-electron chi connectivity index (χ4n) is 2.55. The molecule has 6 heteroatoms. The summed E-state index contributed by atoms with van der Waals surface area (Å²) in [5.41, 5.74) is 1.10. The van der Waals surface area contributed by atoms with E-state index in [1.165, 1.54) is 11.3 Å². The zero-order chi connectivity index (χ0) is 13.8. The first kappa shape index (κ1) is 14.4. The van der Waals surface area contributed by atoms with Gasteiger partial charge in [-0.1, -0.05) is 25.2 Å². The van der Waals surface area contributed by atoms with Crippen LogP contribution in [0.2, 0.25) is 0 Å². The van der Waals surface area contributed by atoms with Crippen molar-refractivity contribution in [3.63, 3.8) is 0 Å². The van der Waals surface area contributed by atoms with E-state index in [1.807, 2.05) is 5.38 Å². The molecule has 1 aliphatic heterocycles. The molecule has 1 aromatic heterocycles. The second-order valence-electron chi connectivity index (χ2n) is 5.41. The number of rotatable bonds is 5. The summed E-state index contributed by atoms with van der Waals surface area (Å²) in [5, 5.41) is 16.4. The number of hydrogen-bond acceptors (Lipinski definition) is 5. The van der Waals surface area contributed by atoms with Crippen LogP contribution in [0.5, 0.6) is 0 Å². The monoisotopic (exact) mass is 283 g/mol. The molecule has 1 fully saturated rings. The van der Waals surface area contributed by atoms with E-state index in [4.69, 9.17) is 0 Å². The number of piperazine rings is 1. The Morgan fingerprint density at radius 3 is 2.68 bits per heavy atom. The highest BCUT2D eigenvalue weighted by Crippen LogP contribution is 2.33. The van der Waals surface area contributed by atoms with Crippen molar-refractivity contribution >= 4 is 16.3 Å². The minimum atomic E-state index is -0.293. The third kappa shape index (κ3) is 3.75. The fourth-order valence-corrected chi connectivity index (χ4v) is 3.32. The molecule has 1 aromatic rings. The highest BCUT2D eigenvalue weighted by molar-refractivity contribution is 7.13. The minimum Gasteiger partial charge on any atom is -0.314 e. The van der Waals surface area contributed by atoms with Crippen LogP contribution in [0, 0.1) is 16.0 Å². The van der Waals surface area contributed by atoms with Crippen LogP contribution < -0.4 is 5.32 Å². The summed E-state index contributed by atoms with van der Waals surface area (Å²) in [6.07, 6.45) is 1.05. The van der Waals surface area contributed by atoms with E-state index in [-0.39, 0.29) is 9.92 Å². The molecule has 0 saturated carbocycles. The molecule has 1 aliphatic rings. The van der Waals surface area contributed by atoms with Gasteiger partial charge in [0.25, 0.3) is 0 Å². The summed E-state index contributed by atoms with van der Waals surface area (Å²) in [6, 6.07) is 2.06. The molecule has 0 bridgehead atoms. The van der Waals surface area contributed by atoms with Crippen LogP contribution >= 0.6 is 11.3 Å². The summed E-state index contributed by atoms with van der Waals surface area (Å²) in [4.78, 5) is 13.0. The van der Waals surface area contributed by atoms with Crippen LogP contribution in [0.1, 0.15) is 31.9 Å². The van der Waals surface area contributed by atoms with Gasteiger partial charge in [-0.3, -0.25) is 15.0 Å². The van der Waals surface area contributed by atoms with Crippen molar-refractivity contribution < 1.29 is 4.92 Å². The molecule has 0 unspecified atom stereocenters. The zero-order valence-corrected chi connectivity index (χ0v) is 12.3. The Morgan fingerprint density at radius 2 is 2.16 bits per heavy atom. The van der Waals surface area contributed by atoms with E-state index in [0.717, 1.165) is 38.2 Å². The van der Waals surface area contributed by atoms with Crippen molar-refractivity contribution in [2.75, 3.05) is 26.2 Å². The number of nitro groups is 1. The van der Waals surface area contributed by atoms with Crippen molar-refractivity contribution in [1.82, 2.24) is 10.2 Å². The number of nitrogens with one attached hydrogen (secondary N) is 1. The molecule has 106 valence electrons. The van der Waals surface area contributed by atoms with E-state index < -0.39 is 0 Å². The molecule has 0 aromatic carbocycles. The Bertz CT molecular complexity index is 427. The molecule has 1 saturated heterocycles. The van der Waals surface area contributed by atoms with Crippen LogP contribution in [-0.4, -0.2) is 36.0 Å². The third-order valence-corrected chi connectivity index (χ3v) is 4.36. The lowest BCUT2D eigenvalue weighted by Gasteiger charge is -2.35. The van der Waals surface area contributed by atoms with Crippen LogP contribution in [0.3, 0.4) is 0 Å². The topological polar surface area (TPSA) is 58.4 Å². The molecule has 19 heavy (non-hydrogen) atoms. The second-order valence-corrected chi connectivity index (χ2v) is 6.30. The Balaban J connectivity index is 2.17. The highest BCUT2D eigenvalue weighted by atomic mass is 32.1. The van der Waals surface area contributed by atoms with Crippen molar-refractivity contribution in [3.05, 3.63) is 27.1 Å². The first-order valence-corrected chi connectivity index (χ1v) is 7.63. The average Bonchev–Trinajstić information content (AvgIpc) is 2.86. The lowest BCUT2D eigenvalue weighted by atomic mass is 9.97. The molecular weight excluding hydrogens is 262 g/mol. The Hall–Kier alpha value is -0.980. The van der Waals surface area contributed by atoms with Gasteiger partial charge in [0, 0.05) is 43.7 Å². The summed E-state index contributed by atoms with van der Waals surface area (Å²) in [5.74, 6) is 0.582. The second kappa shape index (κ2) is 6.45. The molecule has 2 rings (SSSR count). The zero-order valence-electron chi connectivity index (χ0n) is 11.5. The molecule has 0 spiro atoms. The highest BCUT2D eigenvalue weighted by Gasteiger charge is 2.25. The quantitative estimate of drug-likeness (QED) is 0.666. The maximum absolute atomic E-state index is 10.8. The SMILES string of the molecule is CC(C)C[C@@H](c1csc([N+](=O)[O-])c1)N1CCNCC1. The van der Waals surface area contributed by atoms with Gasteiger partial charge in [-0.25, -0.2) is 0 Å². The van der Waals surface area contributed by atoms with Gasteiger partial charge in [0.2, 0.25) is 0 Å². The van der Waals surface area contributed by atoms with Gasteiger partial charge in [0.1, 0.15) is 0 Å². The summed E-state index contributed by atoms with van der Waals surface area (Å²) in [7, 11) is 0. The molecule has 1 N–H and O–H groups in total. The van der Waals surface area contributed by atoms with E-state index in [1.54, 1.807) is 6.07 Å². The molecule has 2 heterocycles. The molecule has 0 amide bonds. The lowest BCUT2D eigenvalue weighted by molar-refractivity contribution is -0.380. The van der Waals surface area contributed by atoms with E-state index in [0.29, 0.717) is 12.0 Å². The van der Waals surface area contributed by atoms with Gasteiger partial charge >= 0.3 is 5.00 Å². The Kier molecular flexibility index (Phi) is 4.90. The normalized spacial score (nSPS) is 18.7. The van der Waals surface area contributed by atoms with Gasteiger partial charge in [0.15, 0.2) is 0 Å². The van der Waals surface area contributed by atoms with Gasteiger partial charge in [0.05, 0.1) is 4.92 Å². The molecular formula is C13H21N3O2S. The van der Waals surface area contributed by atoms with Crippen molar-refractivity contribution in [2.45, 2.75) is 26.3 Å². The molecule has 0 radical (unpaired) electrons. The van der Waals surface area contributed by atoms with Gasteiger partial charge in [-0.15, -0.1) is 0 Å². The van der Waals surface area contributed by atoms with Crippen molar-refractivity contribution in [1.29, 1.82) is 0 Å². The van der Waals surface area contributed by atoms with Crippen molar-refractivity contribution in [3.8, 4) is 0 Å². The maximum atomic E-state index is 10.8. The number of thiophene rings is 1. The van der Waals surface area contributed by atoms with Crippen molar-refractivity contribution in [2.24, 2.45) is 5.92 Å². The summed E-state index contributed by atoms with van der Waals surface area (Å²) < 4.78 is 0. The van der Waals surface area contributed by atoms with E-state index >= 15 is 0 Å². The van der Waals surface area contributed by atoms with Gasteiger partial charge in [-0.2, -0.15) is 0 Å². The Labute approximate surface area is 117 Å². The first-order chi connectivity index (χ1) is 9.08. The molecule has 1 atom stereocenters. The summed E-state index contributed by atoms with van der Waals surface area (Å²) >= 11 is 1.24. The third-order valence-electron chi connectivity index (χ3n) is 3.46. The van der Waals surface area contributed by atoms with Crippen LogP contribution in [-0.2, 0) is 0 Å². The molecule has 5 nitrogen and oxygen atoms in total.